The fraction of sp³-hybridized carbons (Fsp3) is 1.00. The summed E-state index contributed by atoms with van der Waals surface area (Å²) in [4.78, 5) is 0. The molecule has 0 aromatic rings. The highest BCUT2D eigenvalue weighted by Crippen LogP contribution is 2.05. The minimum atomic E-state index is -0.750. The van der Waals surface area contributed by atoms with Gasteiger partial charge in [0.05, 0.1) is 0 Å². The third-order valence-corrected chi connectivity index (χ3v) is 1.76. The molecule has 0 aliphatic rings. The van der Waals surface area contributed by atoms with Crippen LogP contribution in [0.25, 0.3) is 0 Å². The normalized spacial score (nSPS) is 9.20. The van der Waals surface area contributed by atoms with Crippen molar-refractivity contribution in [3.05, 3.63) is 0 Å². The highest BCUT2D eigenvalue weighted by atomic mass is 35.6. The van der Waals surface area contributed by atoms with Crippen molar-refractivity contribution < 1.29 is 10.6 Å². The molecule has 0 fully saturated rings. The smallest absolute Gasteiger partial charge is 0.180 e. The lowest BCUT2D eigenvalue weighted by Gasteiger charge is -1.97. The summed E-state index contributed by atoms with van der Waals surface area (Å²) in [6.45, 7) is 2.60. The second kappa shape index (κ2) is 20.2. The van der Waals surface area contributed by atoms with Gasteiger partial charge in [-0.15, -0.1) is 0 Å². The lowest BCUT2D eigenvalue weighted by Crippen LogP contribution is -1.83. The topological polar surface area (TPSA) is 51.7 Å². The van der Waals surface area contributed by atoms with E-state index in [-0.39, 0.29) is 5.48 Å². The monoisotopic (exact) mass is 280 g/mol. The first-order chi connectivity index (χ1) is 6.65. The van der Waals surface area contributed by atoms with Gasteiger partial charge in [-0.05, 0) is 6.42 Å². The summed E-state index contributed by atoms with van der Waals surface area (Å²) in [7, 11) is 0. The predicted octanol–water partition coefficient (Wildman–Crippen LogP) is 3.89. The molecule has 0 saturated heterocycles. The summed E-state index contributed by atoms with van der Waals surface area (Å²) in [5, 5.41) is 8.47. The Morgan fingerprint density at radius 3 is 1.53 bits per heavy atom. The summed E-state index contributed by atoms with van der Waals surface area (Å²) < 4.78 is -0.750. The highest BCUT2D eigenvalue weighted by molar-refractivity contribution is 6.63. The van der Waals surface area contributed by atoms with Crippen molar-refractivity contribution in [2.24, 2.45) is 0 Å². The number of aliphatic hydroxyl groups excluding tert-OH is 1. The van der Waals surface area contributed by atoms with E-state index in [4.69, 9.17) is 39.9 Å². The van der Waals surface area contributed by atoms with E-state index in [2.05, 4.69) is 6.92 Å². The Balaban J connectivity index is -0.000000249. The molecule has 5 heteroatoms. The zero-order valence-electron chi connectivity index (χ0n) is 9.32. The summed E-state index contributed by atoms with van der Waals surface area (Å²) in [6, 6.07) is 0. The van der Waals surface area contributed by atoms with Gasteiger partial charge in [0.2, 0.25) is 0 Å². The van der Waals surface area contributed by atoms with Gasteiger partial charge in [0.15, 0.2) is 4.30 Å². The zero-order valence-corrected chi connectivity index (χ0v) is 11.6. The number of hydrogen-bond acceptors (Lipinski definition) is 1. The number of rotatable bonds is 7. The predicted molar refractivity (Wildman–Crippen MR) is 70.0 cm³/mol. The molecule has 0 rings (SSSR count). The van der Waals surface area contributed by atoms with Gasteiger partial charge in [-0.1, -0.05) is 80.3 Å². The van der Waals surface area contributed by atoms with E-state index < -0.39 is 4.30 Å². The van der Waals surface area contributed by atoms with E-state index in [1.54, 1.807) is 0 Å². The summed E-state index contributed by atoms with van der Waals surface area (Å²) >= 11 is 14.4. The molecular formula is C10H23Cl3O2. The molecule has 96 valence electrons. The van der Waals surface area contributed by atoms with E-state index >= 15 is 0 Å². The Kier molecular flexibility index (Phi) is 28.5. The van der Waals surface area contributed by atoms with Gasteiger partial charge in [-0.3, -0.25) is 0 Å². The molecule has 0 amide bonds. The van der Waals surface area contributed by atoms with Crippen LogP contribution in [0.5, 0.6) is 0 Å². The van der Waals surface area contributed by atoms with Gasteiger partial charge in [-0.25, -0.2) is 0 Å². The molecule has 0 aromatic carbocycles. The maximum atomic E-state index is 8.47. The standard InChI is InChI=1S/C9H20O.CHCl3.H2O/c1-2-3-4-5-6-7-8-9-10;2-1(3)4;/h10H,2-9H2,1H3;1H;1H2. The minimum absolute atomic E-state index is 0. The van der Waals surface area contributed by atoms with Crippen molar-refractivity contribution in [3.63, 3.8) is 0 Å². The van der Waals surface area contributed by atoms with Crippen molar-refractivity contribution in [3.8, 4) is 0 Å². The van der Waals surface area contributed by atoms with Crippen molar-refractivity contribution in [1.82, 2.24) is 0 Å². The third kappa shape index (κ3) is 39.9. The lowest BCUT2D eigenvalue weighted by atomic mass is 10.1. The molecule has 2 nitrogen and oxygen atoms in total. The Hall–Kier alpha value is 0.790. The number of alkyl halides is 3. The summed E-state index contributed by atoms with van der Waals surface area (Å²) in [5.41, 5.74) is 0. The van der Waals surface area contributed by atoms with Gasteiger partial charge >= 0.3 is 0 Å². The van der Waals surface area contributed by atoms with Gasteiger partial charge < -0.3 is 10.6 Å². The van der Waals surface area contributed by atoms with Crippen LogP contribution in [0.2, 0.25) is 0 Å². The first-order valence-electron chi connectivity index (χ1n) is 5.18. The maximum Gasteiger partial charge on any atom is 0.180 e. The first-order valence-corrected chi connectivity index (χ1v) is 6.49. The number of aliphatic hydroxyl groups is 1. The van der Waals surface area contributed by atoms with Crippen molar-refractivity contribution in [2.75, 3.05) is 6.61 Å². The fourth-order valence-corrected chi connectivity index (χ4v) is 1.07. The van der Waals surface area contributed by atoms with Crippen LogP contribution in [0, 0.1) is 0 Å². The van der Waals surface area contributed by atoms with Crippen LogP contribution < -0.4 is 0 Å². The fourth-order valence-electron chi connectivity index (χ4n) is 1.07. The largest absolute Gasteiger partial charge is 0.412 e. The van der Waals surface area contributed by atoms with Crippen LogP contribution in [0.1, 0.15) is 51.9 Å². The van der Waals surface area contributed by atoms with Crippen LogP contribution in [0.15, 0.2) is 0 Å². The SMILES string of the molecule is CCCCCCCCCO.ClC(Cl)Cl.O. The van der Waals surface area contributed by atoms with Crippen molar-refractivity contribution in [2.45, 2.75) is 56.2 Å². The van der Waals surface area contributed by atoms with Crippen LogP contribution in [0.4, 0.5) is 0 Å². The Labute approximate surface area is 108 Å². The molecule has 15 heavy (non-hydrogen) atoms. The third-order valence-electron chi connectivity index (χ3n) is 1.76. The molecule has 0 heterocycles. The van der Waals surface area contributed by atoms with Crippen LogP contribution in [0.3, 0.4) is 0 Å². The van der Waals surface area contributed by atoms with Gasteiger partial charge in [0.25, 0.3) is 0 Å². The average Bonchev–Trinajstić information content (AvgIpc) is 2.10. The molecule has 3 N–H and O–H groups in total. The van der Waals surface area contributed by atoms with E-state index in [0.29, 0.717) is 6.61 Å². The number of halogens is 3. The molecule has 0 bridgehead atoms. The Morgan fingerprint density at radius 1 is 0.867 bits per heavy atom. The molecule has 0 unspecified atom stereocenters. The van der Waals surface area contributed by atoms with Crippen LogP contribution in [-0.2, 0) is 0 Å². The minimum Gasteiger partial charge on any atom is -0.412 e. The van der Waals surface area contributed by atoms with Crippen LogP contribution >= 0.6 is 34.8 Å². The molecular weight excluding hydrogens is 258 g/mol. The highest BCUT2D eigenvalue weighted by Gasteiger charge is 1.88. The van der Waals surface area contributed by atoms with E-state index in [1.165, 1.54) is 38.5 Å². The lowest BCUT2D eigenvalue weighted by molar-refractivity contribution is 0.282. The second-order valence-corrected chi connectivity index (χ2v) is 5.07. The van der Waals surface area contributed by atoms with Crippen molar-refractivity contribution in [1.29, 1.82) is 0 Å². The number of hydrogen-bond donors (Lipinski definition) is 1. The summed E-state index contributed by atoms with van der Waals surface area (Å²) in [5.74, 6) is 0. The molecule has 0 aliphatic carbocycles. The van der Waals surface area contributed by atoms with Crippen LogP contribution in [-0.4, -0.2) is 21.5 Å². The zero-order chi connectivity index (χ0) is 11.2. The maximum absolute atomic E-state index is 8.47. The Bertz CT molecular complexity index is 82.0. The van der Waals surface area contributed by atoms with Gasteiger partial charge in [0.1, 0.15) is 0 Å². The molecule has 0 aromatic heterocycles. The molecule has 0 atom stereocenters. The second-order valence-electron chi connectivity index (χ2n) is 3.09. The average molecular weight is 282 g/mol. The van der Waals surface area contributed by atoms with Gasteiger partial charge in [-0.2, -0.15) is 0 Å². The molecule has 0 spiro atoms. The quantitative estimate of drug-likeness (QED) is 0.558. The molecule has 0 aliphatic heterocycles. The van der Waals surface area contributed by atoms with Gasteiger partial charge in [0, 0.05) is 6.61 Å². The van der Waals surface area contributed by atoms with Crippen molar-refractivity contribution >= 4 is 34.8 Å². The number of unbranched alkanes of at least 4 members (excludes halogenated alkanes) is 6. The molecule has 0 radical (unpaired) electrons. The first kappa shape index (κ1) is 21.1. The Morgan fingerprint density at radius 2 is 1.20 bits per heavy atom. The molecule has 0 saturated carbocycles. The van der Waals surface area contributed by atoms with E-state index in [0.717, 1.165) is 6.42 Å². The van der Waals surface area contributed by atoms with E-state index in [1.807, 2.05) is 0 Å². The summed E-state index contributed by atoms with van der Waals surface area (Å²) in [6.07, 6.45) is 8.93. The van der Waals surface area contributed by atoms with E-state index in [9.17, 15) is 0 Å².